The van der Waals surface area contributed by atoms with Crippen LogP contribution in [0.2, 0.25) is 0 Å². The highest BCUT2D eigenvalue weighted by atomic mass is 16.6. The first-order valence-electron chi connectivity index (χ1n) is 9.18. The summed E-state index contributed by atoms with van der Waals surface area (Å²) >= 11 is 0. The van der Waals surface area contributed by atoms with Gasteiger partial charge in [0.2, 0.25) is 5.91 Å². The fourth-order valence-electron chi connectivity index (χ4n) is 3.67. The summed E-state index contributed by atoms with van der Waals surface area (Å²) in [6.07, 6.45) is 1.97. The number of nitrogens with zero attached hydrogens (tertiary/aromatic N) is 4. The van der Waals surface area contributed by atoms with Crippen molar-refractivity contribution in [3.63, 3.8) is 0 Å². The van der Waals surface area contributed by atoms with Crippen molar-refractivity contribution in [2.24, 2.45) is 0 Å². The number of nitro groups is 1. The molecule has 0 radical (unpaired) electrons. The van der Waals surface area contributed by atoms with Crippen molar-refractivity contribution >= 4 is 11.6 Å². The number of carbonyl (C=O) groups is 1. The summed E-state index contributed by atoms with van der Waals surface area (Å²) in [5.74, 6) is -0.165. The van der Waals surface area contributed by atoms with Crippen LogP contribution in [0.1, 0.15) is 29.8 Å². The highest BCUT2D eigenvalue weighted by Crippen LogP contribution is 2.21. The number of benzene rings is 1. The lowest BCUT2D eigenvalue weighted by atomic mass is 10.0. The summed E-state index contributed by atoms with van der Waals surface area (Å²) in [6.45, 7) is 5.89. The predicted octanol–water partition coefficient (Wildman–Crippen LogP) is 2.19. The smallest absolute Gasteiger partial charge is 0.312 e. The van der Waals surface area contributed by atoms with Gasteiger partial charge in [-0.2, -0.15) is 5.10 Å². The van der Waals surface area contributed by atoms with Crippen LogP contribution in [0, 0.1) is 24.0 Å². The third kappa shape index (κ3) is 4.71. The molecule has 8 nitrogen and oxygen atoms in total. The van der Waals surface area contributed by atoms with E-state index in [1.165, 1.54) is 10.2 Å². The first-order valence-corrected chi connectivity index (χ1v) is 9.18. The molecule has 1 atom stereocenters. The van der Waals surface area contributed by atoms with E-state index in [4.69, 9.17) is 0 Å². The Kier molecular flexibility index (Phi) is 5.85. The molecule has 0 saturated carbocycles. The van der Waals surface area contributed by atoms with Gasteiger partial charge >= 0.3 is 5.69 Å². The van der Waals surface area contributed by atoms with E-state index >= 15 is 0 Å². The van der Waals surface area contributed by atoms with Gasteiger partial charge in [-0.3, -0.25) is 24.5 Å². The van der Waals surface area contributed by atoms with Crippen LogP contribution >= 0.6 is 0 Å². The Morgan fingerprint density at radius 1 is 1.33 bits per heavy atom. The van der Waals surface area contributed by atoms with Crippen molar-refractivity contribution in [1.29, 1.82) is 0 Å². The lowest BCUT2D eigenvalue weighted by molar-refractivity contribution is -0.386. The summed E-state index contributed by atoms with van der Waals surface area (Å²) in [5.41, 5.74) is 1.98. The minimum absolute atomic E-state index is 0.00427. The van der Waals surface area contributed by atoms with Crippen LogP contribution in [0.3, 0.4) is 0 Å². The van der Waals surface area contributed by atoms with Gasteiger partial charge in [-0.25, -0.2) is 0 Å². The largest absolute Gasteiger partial charge is 0.350 e. The Morgan fingerprint density at radius 2 is 2.07 bits per heavy atom. The van der Waals surface area contributed by atoms with Crippen molar-refractivity contribution in [1.82, 2.24) is 20.0 Å². The summed E-state index contributed by atoms with van der Waals surface area (Å²) in [7, 11) is 0. The minimum Gasteiger partial charge on any atom is -0.350 e. The van der Waals surface area contributed by atoms with E-state index in [2.05, 4.69) is 27.4 Å². The summed E-state index contributed by atoms with van der Waals surface area (Å²) in [4.78, 5) is 25.4. The number of carbonyl (C=O) groups excluding carboxylic acids is 1. The van der Waals surface area contributed by atoms with Gasteiger partial charge in [-0.15, -0.1) is 0 Å². The zero-order valence-corrected chi connectivity index (χ0v) is 15.7. The topological polar surface area (TPSA) is 93.3 Å². The fraction of sp³-hybridized carbons (Fsp3) is 0.474. The Labute approximate surface area is 158 Å². The number of hydrogen-bond donors (Lipinski definition) is 1. The van der Waals surface area contributed by atoms with Crippen molar-refractivity contribution in [3.8, 4) is 0 Å². The maximum Gasteiger partial charge on any atom is 0.312 e. The summed E-state index contributed by atoms with van der Waals surface area (Å²) < 4.78 is 1.41. The normalized spacial score (nSPS) is 17.6. The highest BCUT2D eigenvalue weighted by Gasteiger charge is 2.25. The molecule has 2 aromatic rings. The molecule has 144 valence electrons. The molecular formula is C19H25N5O3. The predicted molar refractivity (Wildman–Crippen MR) is 101 cm³/mol. The lowest BCUT2D eigenvalue weighted by Gasteiger charge is -2.33. The molecule has 2 heterocycles. The Morgan fingerprint density at radius 3 is 2.74 bits per heavy atom. The average Bonchev–Trinajstić information content (AvgIpc) is 2.89. The third-order valence-electron chi connectivity index (χ3n) is 4.94. The van der Waals surface area contributed by atoms with E-state index < -0.39 is 4.92 Å². The van der Waals surface area contributed by atoms with Crippen LogP contribution in [-0.2, 0) is 17.9 Å². The van der Waals surface area contributed by atoms with Crippen LogP contribution in [-0.4, -0.2) is 44.6 Å². The zero-order valence-electron chi connectivity index (χ0n) is 15.7. The molecular weight excluding hydrogens is 346 g/mol. The van der Waals surface area contributed by atoms with Gasteiger partial charge in [0.05, 0.1) is 4.92 Å². The number of hydrogen-bond acceptors (Lipinski definition) is 5. The maximum atomic E-state index is 12.4. The molecule has 1 aromatic carbocycles. The summed E-state index contributed by atoms with van der Waals surface area (Å²) in [6, 6.07) is 10.4. The monoisotopic (exact) mass is 371 g/mol. The molecule has 8 heteroatoms. The molecule has 1 saturated heterocycles. The molecule has 1 aromatic heterocycles. The number of piperidine rings is 1. The first kappa shape index (κ1) is 19.0. The molecule has 27 heavy (non-hydrogen) atoms. The van der Waals surface area contributed by atoms with Crippen molar-refractivity contribution in [2.75, 3.05) is 13.1 Å². The Balaban J connectivity index is 1.56. The van der Waals surface area contributed by atoms with Gasteiger partial charge in [0.1, 0.15) is 17.9 Å². The van der Waals surface area contributed by atoms with E-state index in [0.29, 0.717) is 11.4 Å². The van der Waals surface area contributed by atoms with E-state index in [0.717, 1.165) is 32.5 Å². The van der Waals surface area contributed by atoms with Gasteiger partial charge < -0.3 is 5.32 Å². The van der Waals surface area contributed by atoms with Crippen molar-refractivity contribution in [2.45, 2.75) is 45.8 Å². The van der Waals surface area contributed by atoms with Gasteiger partial charge in [0.15, 0.2) is 0 Å². The minimum atomic E-state index is -0.450. The van der Waals surface area contributed by atoms with Crippen LogP contribution < -0.4 is 5.32 Å². The second-order valence-corrected chi connectivity index (χ2v) is 7.06. The van der Waals surface area contributed by atoms with Gasteiger partial charge in [-0.05, 0) is 38.8 Å². The quantitative estimate of drug-likeness (QED) is 0.621. The number of aromatic nitrogens is 2. The van der Waals surface area contributed by atoms with Crippen LogP contribution in [0.15, 0.2) is 30.3 Å². The first-order chi connectivity index (χ1) is 12.9. The van der Waals surface area contributed by atoms with Gasteiger partial charge in [-0.1, -0.05) is 30.3 Å². The number of rotatable bonds is 6. The number of nitrogens with one attached hydrogen (secondary N) is 1. The maximum absolute atomic E-state index is 12.4. The number of amides is 1. The second-order valence-electron chi connectivity index (χ2n) is 7.06. The summed E-state index contributed by atoms with van der Waals surface area (Å²) in [5, 5.41) is 18.3. The SMILES string of the molecule is Cc1nn(CC(=O)NC2CCCN(Cc3ccccc3)C2)c(C)c1[N+](=O)[O-]. The molecule has 0 aliphatic carbocycles. The van der Waals surface area contributed by atoms with Crippen molar-refractivity contribution < 1.29 is 9.72 Å². The standard InChI is InChI=1S/C19H25N5O3/c1-14-19(24(26)27)15(2)23(21-14)13-18(25)20-17-9-6-10-22(12-17)11-16-7-4-3-5-8-16/h3-5,7-8,17H,6,9-13H2,1-2H3,(H,20,25). The molecule has 3 rings (SSSR count). The van der Waals surface area contributed by atoms with Crippen LogP contribution in [0.5, 0.6) is 0 Å². The average molecular weight is 371 g/mol. The Hall–Kier alpha value is -2.74. The lowest BCUT2D eigenvalue weighted by Crippen LogP contribution is -2.48. The molecule has 1 aliphatic rings. The third-order valence-corrected chi connectivity index (χ3v) is 4.94. The zero-order chi connectivity index (χ0) is 19.4. The molecule has 1 amide bonds. The number of likely N-dealkylation sites (tertiary alicyclic amines) is 1. The molecule has 0 spiro atoms. The highest BCUT2D eigenvalue weighted by molar-refractivity contribution is 5.76. The molecule has 1 N–H and O–H groups in total. The molecule has 0 bridgehead atoms. The van der Waals surface area contributed by atoms with E-state index in [-0.39, 0.29) is 24.2 Å². The van der Waals surface area contributed by atoms with Gasteiger partial charge in [0, 0.05) is 19.1 Å². The van der Waals surface area contributed by atoms with E-state index in [1.807, 2.05) is 18.2 Å². The number of aryl methyl sites for hydroxylation is 1. The van der Waals surface area contributed by atoms with Crippen LogP contribution in [0.25, 0.3) is 0 Å². The second kappa shape index (κ2) is 8.30. The van der Waals surface area contributed by atoms with Crippen LogP contribution in [0.4, 0.5) is 5.69 Å². The van der Waals surface area contributed by atoms with Gasteiger partial charge in [0.25, 0.3) is 0 Å². The fourth-order valence-corrected chi connectivity index (χ4v) is 3.67. The molecule has 1 aliphatic heterocycles. The van der Waals surface area contributed by atoms with E-state index in [9.17, 15) is 14.9 Å². The van der Waals surface area contributed by atoms with E-state index in [1.54, 1.807) is 13.8 Å². The Bertz CT molecular complexity index is 818. The van der Waals surface area contributed by atoms with Crippen molar-refractivity contribution in [3.05, 3.63) is 57.4 Å². The molecule has 1 unspecified atom stereocenters. The molecule has 1 fully saturated rings.